The van der Waals surface area contributed by atoms with Crippen molar-refractivity contribution in [1.29, 1.82) is 0 Å². The number of ether oxygens (including phenoxy) is 1. The summed E-state index contributed by atoms with van der Waals surface area (Å²) in [5, 5.41) is 0. The highest BCUT2D eigenvalue weighted by atomic mass is 35.5. The van der Waals surface area contributed by atoms with E-state index in [-0.39, 0.29) is 30.5 Å². The molecule has 90 valence electrons. The van der Waals surface area contributed by atoms with Crippen LogP contribution in [0.2, 0.25) is 0 Å². The van der Waals surface area contributed by atoms with Crippen LogP contribution in [0.4, 0.5) is 0 Å². The number of carbonyl (C=O) groups excluding carboxylic acids is 1. The standard InChI is InChI=1S/C10H20N2O2.ClH/c1-3-14-8(2)10(13)12-6-4-5-9(11)7-12;/h8-9H,3-7,11H2,1-2H3;1H/t8?,9-;/m1./s1. The molecule has 4 nitrogen and oxygen atoms in total. The molecule has 0 aromatic heterocycles. The number of nitrogens with two attached hydrogens (primary N) is 1. The van der Waals surface area contributed by atoms with Gasteiger partial charge in [-0.25, -0.2) is 0 Å². The summed E-state index contributed by atoms with van der Waals surface area (Å²) >= 11 is 0. The topological polar surface area (TPSA) is 55.6 Å². The van der Waals surface area contributed by atoms with Gasteiger partial charge in [-0.05, 0) is 26.7 Å². The number of nitrogens with zero attached hydrogens (tertiary/aromatic N) is 1. The molecule has 1 amide bonds. The van der Waals surface area contributed by atoms with Gasteiger partial charge in [0, 0.05) is 25.7 Å². The minimum absolute atomic E-state index is 0. The normalized spacial score (nSPS) is 23.1. The first-order valence-corrected chi connectivity index (χ1v) is 5.31. The summed E-state index contributed by atoms with van der Waals surface area (Å²) in [4.78, 5) is 13.6. The summed E-state index contributed by atoms with van der Waals surface area (Å²) in [5.74, 6) is 0.0713. The molecule has 0 saturated carbocycles. The monoisotopic (exact) mass is 236 g/mol. The lowest BCUT2D eigenvalue weighted by Crippen LogP contribution is -2.49. The van der Waals surface area contributed by atoms with Crippen molar-refractivity contribution in [1.82, 2.24) is 4.90 Å². The fraction of sp³-hybridized carbons (Fsp3) is 0.900. The largest absolute Gasteiger partial charge is 0.369 e. The molecule has 0 aromatic carbocycles. The van der Waals surface area contributed by atoms with Crippen molar-refractivity contribution >= 4 is 18.3 Å². The van der Waals surface area contributed by atoms with E-state index in [4.69, 9.17) is 10.5 Å². The molecule has 1 aliphatic heterocycles. The molecular formula is C10H21ClN2O2. The Morgan fingerprint density at radius 1 is 1.67 bits per heavy atom. The number of carbonyl (C=O) groups is 1. The first-order chi connectivity index (χ1) is 6.65. The van der Waals surface area contributed by atoms with E-state index in [1.54, 1.807) is 6.92 Å². The quantitative estimate of drug-likeness (QED) is 0.788. The van der Waals surface area contributed by atoms with Gasteiger partial charge in [0.05, 0.1) is 0 Å². The lowest BCUT2D eigenvalue weighted by Gasteiger charge is -2.32. The zero-order valence-electron chi connectivity index (χ0n) is 9.44. The molecular weight excluding hydrogens is 216 g/mol. The summed E-state index contributed by atoms with van der Waals surface area (Å²) in [6, 6.07) is 0.140. The van der Waals surface area contributed by atoms with Gasteiger partial charge < -0.3 is 15.4 Å². The van der Waals surface area contributed by atoms with E-state index in [0.29, 0.717) is 13.2 Å². The number of rotatable bonds is 3. The van der Waals surface area contributed by atoms with Gasteiger partial charge in [-0.2, -0.15) is 0 Å². The average Bonchev–Trinajstić information content (AvgIpc) is 2.17. The molecule has 1 heterocycles. The van der Waals surface area contributed by atoms with Gasteiger partial charge in [-0.15, -0.1) is 12.4 Å². The van der Waals surface area contributed by atoms with Gasteiger partial charge in [-0.1, -0.05) is 0 Å². The second-order valence-electron chi connectivity index (χ2n) is 3.78. The second-order valence-corrected chi connectivity index (χ2v) is 3.78. The lowest BCUT2D eigenvalue weighted by atomic mass is 10.1. The molecule has 0 spiro atoms. The number of piperidine rings is 1. The molecule has 1 saturated heterocycles. The number of amides is 1. The maximum atomic E-state index is 11.8. The van der Waals surface area contributed by atoms with Crippen LogP contribution in [0.25, 0.3) is 0 Å². The van der Waals surface area contributed by atoms with Gasteiger partial charge in [0.2, 0.25) is 0 Å². The Labute approximate surface area is 97.5 Å². The van der Waals surface area contributed by atoms with Crippen molar-refractivity contribution in [2.24, 2.45) is 5.73 Å². The van der Waals surface area contributed by atoms with Crippen molar-refractivity contribution < 1.29 is 9.53 Å². The van der Waals surface area contributed by atoms with E-state index in [0.717, 1.165) is 19.4 Å². The van der Waals surface area contributed by atoms with E-state index >= 15 is 0 Å². The molecule has 0 bridgehead atoms. The Hall–Kier alpha value is -0.320. The van der Waals surface area contributed by atoms with Crippen molar-refractivity contribution in [3.05, 3.63) is 0 Å². The van der Waals surface area contributed by atoms with Gasteiger partial charge in [-0.3, -0.25) is 4.79 Å². The van der Waals surface area contributed by atoms with Gasteiger partial charge >= 0.3 is 0 Å². The van der Waals surface area contributed by atoms with E-state index in [1.165, 1.54) is 0 Å². The molecule has 0 aliphatic carbocycles. The molecule has 1 aliphatic rings. The van der Waals surface area contributed by atoms with Crippen LogP contribution in [-0.2, 0) is 9.53 Å². The smallest absolute Gasteiger partial charge is 0.251 e. The zero-order valence-corrected chi connectivity index (χ0v) is 10.3. The van der Waals surface area contributed by atoms with Gasteiger partial charge in [0.15, 0.2) is 0 Å². The number of halogens is 1. The van der Waals surface area contributed by atoms with Crippen LogP contribution >= 0.6 is 12.4 Å². The summed E-state index contributed by atoms with van der Waals surface area (Å²) < 4.78 is 5.26. The highest BCUT2D eigenvalue weighted by Gasteiger charge is 2.25. The summed E-state index contributed by atoms with van der Waals surface area (Å²) in [6.45, 7) is 5.77. The third-order valence-electron chi connectivity index (χ3n) is 2.53. The summed E-state index contributed by atoms with van der Waals surface area (Å²) in [7, 11) is 0. The highest BCUT2D eigenvalue weighted by molar-refractivity contribution is 5.85. The number of hydrogen-bond donors (Lipinski definition) is 1. The first kappa shape index (κ1) is 14.7. The Balaban J connectivity index is 0.00000196. The fourth-order valence-electron chi connectivity index (χ4n) is 1.79. The van der Waals surface area contributed by atoms with Crippen LogP contribution in [0.3, 0.4) is 0 Å². The fourth-order valence-corrected chi connectivity index (χ4v) is 1.79. The highest BCUT2D eigenvalue weighted by Crippen LogP contribution is 2.10. The summed E-state index contributed by atoms with van der Waals surface area (Å²) in [6.07, 6.45) is 1.70. The van der Waals surface area contributed by atoms with Crippen LogP contribution in [0, 0.1) is 0 Å². The van der Waals surface area contributed by atoms with Crippen LogP contribution in [0.5, 0.6) is 0 Å². The Bertz CT molecular complexity index is 202. The zero-order chi connectivity index (χ0) is 10.6. The molecule has 5 heteroatoms. The minimum atomic E-state index is -0.328. The molecule has 1 unspecified atom stereocenters. The third-order valence-corrected chi connectivity index (χ3v) is 2.53. The van der Waals surface area contributed by atoms with Gasteiger partial charge in [0.25, 0.3) is 5.91 Å². The molecule has 0 radical (unpaired) electrons. The molecule has 0 aromatic rings. The molecule has 2 atom stereocenters. The third kappa shape index (κ3) is 4.36. The predicted molar refractivity (Wildman–Crippen MR) is 62.1 cm³/mol. The van der Waals surface area contributed by atoms with Crippen LogP contribution < -0.4 is 5.73 Å². The minimum Gasteiger partial charge on any atom is -0.369 e. The Kier molecular flexibility index (Phi) is 6.89. The van der Waals surface area contributed by atoms with Crippen LogP contribution in [0.1, 0.15) is 26.7 Å². The summed E-state index contributed by atoms with van der Waals surface area (Å²) in [5.41, 5.74) is 5.80. The molecule has 1 fully saturated rings. The predicted octanol–water partition coefficient (Wildman–Crippen LogP) is 0.783. The second kappa shape index (κ2) is 7.04. The lowest BCUT2D eigenvalue weighted by molar-refractivity contribution is -0.143. The van der Waals surface area contributed by atoms with Crippen LogP contribution in [-0.4, -0.2) is 42.6 Å². The van der Waals surface area contributed by atoms with E-state index in [1.807, 2.05) is 11.8 Å². The Morgan fingerprint density at radius 3 is 2.87 bits per heavy atom. The van der Waals surface area contributed by atoms with Gasteiger partial charge in [0.1, 0.15) is 6.10 Å². The number of hydrogen-bond acceptors (Lipinski definition) is 3. The van der Waals surface area contributed by atoms with Crippen molar-refractivity contribution in [3.8, 4) is 0 Å². The number of likely N-dealkylation sites (tertiary alicyclic amines) is 1. The van der Waals surface area contributed by atoms with Crippen molar-refractivity contribution in [2.75, 3.05) is 19.7 Å². The molecule has 1 rings (SSSR count). The SMILES string of the molecule is CCOC(C)C(=O)N1CCC[C@@H](N)C1.Cl. The van der Waals surface area contributed by atoms with Crippen molar-refractivity contribution in [3.63, 3.8) is 0 Å². The van der Waals surface area contributed by atoms with Crippen molar-refractivity contribution in [2.45, 2.75) is 38.8 Å². The van der Waals surface area contributed by atoms with E-state index in [2.05, 4.69) is 0 Å². The molecule has 15 heavy (non-hydrogen) atoms. The first-order valence-electron chi connectivity index (χ1n) is 5.31. The molecule has 2 N–H and O–H groups in total. The maximum absolute atomic E-state index is 11.8. The Morgan fingerprint density at radius 2 is 2.33 bits per heavy atom. The maximum Gasteiger partial charge on any atom is 0.251 e. The van der Waals surface area contributed by atoms with E-state index in [9.17, 15) is 4.79 Å². The van der Waals surface area contributed by atoms with Crippen LogP contribution in [0.15, 0.2) is 0 Å². The average molecular weight is 237 g/mol. The van der Waals surface area contributed by atoms with E-state index < -0.39 is 0 Å².